The highest BCUT2D eigenvalue weighted by Crippen LogP contribution is 2.26. The Labute approximate surface area is 149 Å². The molecule has 8 heteroatoms. The summed E-state index contributed by atoms with van der Waals surface area (Å²) in [7, 11) is 1.31. The van der Waals surface area contributed by atoms with Gasteiger partial charge in [0.2, 0.25) is 15.9 Å². The third-order valence-electron chi connectivity index (χ3n) is 3.60. The van der Waals surface area contributed by atoms with Crippen molar-refractivity contribution < 1.29 is 13.2 Å². The van der Waals surface area contributed by atoms with Crippen LogP contribution in [0.25, 0.3) is 0 Å². The largest absolute Gasteiger partial charge is 0.325 e. The van der Waals surface area contributed by atoms with E-state index < -0.39 is 10.0 Å². The second-order valence-electron chi connectivity index (χ2n) is 5.88. The molecule has 0 radical (unpaired) electrons. The van der Waals surface area contributed by atoms with E-state index in [2.05, 4.69) is 17.1 Å². The Morgan fingerprint density at radius 3 is 2.46 bits per heavy atom. The molecule has 1 N–H and O–H groups in total. The maximum absolute atomic E-state index is 12.2. The molecule has 0 saturated heterocycles. The van der Waals surface area contributed by atoms with E-state index in [0.717, 1.165) is 23.7 Å². The Morgan fingerprint density at radius 2 is 1.88 bits per heavy atom. The van der Waals surface area contributed by atoms with Gasteiger partial charge in [0.1, 0.15) is 0 Å². The molecule has 0 aliphatic carbocycles. The van der Waals surface area contributed by atoms with Crippen molar-refractivity contribution in [3.8, 4) is 0 Å². The Morgan fingerprint density at radius 1 is 1.21 bits per heavy atom. The first-order valence-electron chi connectivity index (χ1n) is 7.89. The lowest BCUT2D eigenvalue weighted by atomic mass is 10.3. The van der Waals surface area contributed by atoms with Crippen LogP contribution in [0.4, 0.5) is 5.69 Å². The Kier molecular flexibility index (Phi) is 8.15. The third-order valence-corrected chi connectivity index (χ3v) is 5.75. The SMILES string of the molecule is CCCCN(C)CCC(=O)Nc1cc(S(=O)(=O)N(C)C)ccc1Cl. The lowest BCUT2D eigenvalue weighted by molar-refractivity contribution is -0.116. The topological polar surface area (TPSA) is 69.7 Å². The third kappa shape index (κ3) is 6.05. The van der Waals surface area contributed by atoms with Gasteiger partial charge in [-0.05, 0) is 38.2 Å². The van der Waals surface area contributed by atoms with E-state index >= 15 is 0 Å². The highest BCUT2D eigenvalue weighted by molar-refractivity contribution is 7.89. The van der Waals surface area contributed by atoms with E-state index in [9.17, 15) is 13.2 Å². The van der Waals surface area contributed by atoms with Crippen LogP contribution in [0, 0.1) is 0 Å². The van der Waals surface area contributed by atoms with Crippen LogP contribution in [0.15, 0.2) is 23.1 Å². The first-order valence-corrected chi connectivity index (χ1v) is 9.70. The fraction of sp³-hybridized carbons (Fsp3) is 0.562. The number of carbonyl (C=O) groups is 1. The van der Waals surface area contributed by atoms with E-state index in [-0.39, 0.29) is 10.8 Å². The van der Waals surface area contributed by atoms with E-state index in [1.54, 1.807) is 0 Å². The molecule has 6 nitrogen and oxygen atoms in total. The summed E-state index contributed by atoms with van der Waals surface area (Å²) in [5.41, 5.74) is 0.306. The molecule has 0 spiro atoms. The second kappa shape index (κ2) is 9.36. The zero-order valence-corrected chi connectivity index (χ0v) is 16.2. The number of sulfonamides is 1. The van der Waals surface area contributed by atoms with Gasteiger partial charge in [0.05, 0.1) is 15.6 Å². The molecule has 1 aromatic rings. The molecule has 0 aliphatic rings. The number of amides is 1. The number of hydrogen-bond acceptors (Lipinski definition) is 4. The molecule has 0 aliphatic heterocycles. The molecule has 0 atom stereocenters. The Hall–Kier alpha value is -1.15. The summed E-state index contributed by atoms with van der Waals surface area (Å²) in [5, 5.41) is 3.00. The van der Waals surface area contributed by atoms with Gasteiger partial charge in [0.15, 0.2) is 0 Å². The van der Waals surface area contributed by atoms with E-state index in [0.29, 0.717) is 23.7 Å². The fourth-order valence-corrected chi connectivity index (χ4v) is 3.11. The fourth-order valence-electron chi connectivity index (χ4n) is 2.02. The number of benzene rings is 1. The molecule has 1 aromatic carbocycles. The molecule has 1 rings (SSSR count). The van der Waals surface area contributed by atoms with Gasteiger partial charge in [0, 0.05) is 27.1 Å². The molecule has 24 heavy (non-hydrogen) atoms. The number of anilines is 1. The van der Waals surface area contributed by atoms with Crippen molar-refractivity contribution in [2.75, 3.05) is 39.5 Å². The summed E-state index contributed by atoms with van der Waals surface area (Å²) < 4.78 is 25.4. The van der Waals surface area contributed by atoms with Crippen LogP contribution in [0.3, 0.4) is 0 Å². The highest BCUT2D eigenvalue weighted by Gasteiger charge is 2.19. The normalized spacial score (nSPS) is 12.0. The molecule has 0 fully saturated rings. The maximum Gasteiger partial charge on any atom is 0.242 e. The number of carbonyl (C=O) groups excluding carboxylic acids is 1. The highest BCUT2D eigenvalue weighted by atomic mass is 35.5. The quantitative estimate of drug-likeness (QED) is 0.720. The summed E-state index contributed by atoms with van der Waals surface area (Å²) in [4.78, 5) is 14.3. The van der Waals surface area contributed by atoms with Crippen molar-refractivity contribution in [2.45, 2.75) is 31.1 Å². The summed E-state index contributed by atoms with van der Waals surface area (Å²) in [5.74, 6) is -0.195. The van der Waals surface area contributed by atoms with Crippen molar-refractivity contribution in [3.63, 3.8) is 0 Å². The number of rotatable bonds is 9. The van der Waals surface area contributed by atoms with Crippen molar-refractivity contribution >= 4 is 33.2 Å². The van der Waals surface area contributed by atoms with E-state index in [4.69, 9.17) is 11.6 Å². The van der Waals surface area contributed by atoms with Gasteiger partial charge in [-0.25, -0.2) is 12.7 Å². The van der Waals surface area contributed by atoms with E-state index in [1.165, 1.54) is 32.3 Å². The number of nitrogens with one attached hydrogen (secondary N) is 1. The molecule has 0 heterocycles. The molecular weight excluding hydrogens is 350 g/mol. The molecule has 1 amide bonds. The molecule has 0 bridgehead atoms. The number of hydrogen-bond donors (Lipinski definition) is 1. The van der Waals surface area contributed by atoms with Gasteiger partial charge in [0.25, 0.3) is 0 Å². The zero-order chi connectivity index (χ0) is 18.3. The van der Waals surface area contributed by atoms with Crippen molar-refractivity contribution in [2.24, 2.45) is 0 Å². The van der Waals surface area contributed by atoms with Crippen LogP contribution in [-0.4, -0.2) is 57.8 Å². The maximum atomic E-state index is 12.2. The number of halogens is 1. The molecule has 0 unspecified atom stereocenters. The summed E-state index contributed by atoms with van der Waals surface area (Å²) in [6.07, 6.45) is 2.52. The van der Waals surface area contributed by atoms with Crippen LogP contribution < -0.4 is 5.32 Å². The summed E-state index contributed by atoms with van der Waals surface area (Å²) in [6.45, 7) is 3.71. The average molecular weight is 376 g/mol. The first kappa shape index (κ1) is 20.9. The van der Waals surface area contributed by atoms with Gasteiger partial charge in [-0.2, -0.15) is 0 Å². The molecular formula is C16H26ClN3O3S. The average Bonchev–Trinajstić information content (AvgIpc) is 2.52. The zero-order valence-electron chi connectivity index (χ0n) is 14.7. The summed E-state index contributed by atoms with van der Waals surface area (Å²) >= 11 is 6.07. The minimum atomic E-state index is -3.57. The molecule has 0 aromatic heterocycles. The van der Waals surface area contributed by atoms with Crippen molar-refractivity contribution in [1.82, 2.24) is 9.21 Å². The summed E-state index contributed by atoms with van der Waals surface area (Å²) in [6, 6.07) is 4.28. The van der Waals surface area contributed by atoms with Crippen LogP contribution in [0.5, 0.6) is 0 Å². The predicted molar refractivity (Wildman–Crippen MR) is 98.0 cm³/mol. The minimum Gasteiger partial charge on any atom is -0.325 e. The second-order valence-corrected chi connectivity index (χ2v) is 8.44. The van der Waals surface area contributed by atoms with Crippen LogP contribution in [0.2, 0.25) is 5.02 Å². The lowest BCUT2D eigenvalue weighted by Gasteiger charge is -2.16. The monoisotopic (exact) mass is 375 g/mol. The van der Waals surface area contributed by atoms with Gasteiger partial charge >= 0.3 is 0 Å². The molecule has 136 valence electrons. The molecule has 0 saturated carbocycles. The lowest BCUT2D eigenvalue weighted by Crippen LogP contribution is -2.25. The van der Waals surface area contributed by atoms with Crippen LogP contribution >= 0.6 is 11.6 Å². The number of nitrogens with zero attached hydrogens (tertiary/aromatic N) is 2. The Balaban J connectivity index is 2.75. The van der Waals surface area contributed by atoms with E-state index in [1.807, 2.05) is 7.05 Å². The number of unbranched alkanes of at least 4 members (excludes halogenated alkanes) is 1. The van der Waals surface area contributed by atoms with Gasteiger partial charge < -0.3 is 10.2 Å². The first-order chi connectivity index (χ1) is 11.2. The smallest absolute Gasteiger partial charge is 0.242 e. The van der Waals surface area contributed by atoms with Gasteiger partial charge in [-0.1, -0.05) is 24.9 Å². The van der Waals surface area contributed by atoms with Gasteiger partial charge in [-0.3, -0.25) is 4.79 Å². The minimum absolute atomic E-state index is 0.0901. The predicted octanol–water partition coefficient (Wildman–Crippen LogP) is 2.65. The standard InChI is InChI=1S/C16H26ClN3O3S/c1-5-6-10-20(4)11-9-16(21)18-15-12-13(7-8-14(15)17)24(22,23)19(2)3/h7-8,12H,5-6,9-11H2,1-4H3,(H,18,21). The van der Waals surface area contributed by atoms with Crippen molar-refractivity contribution in [3.05, 3.63) is 23.2 Å². The van der Waals surface area contributed by atoms with Gasteiger partial charge in [-0.15, -0.1) is 0 Å². The van der Waals surface area contributed by atoms with Crippen LogP contribution in [0.1, 0.15) is 26.2 Å². The van der Waals surface area contributed by atoms with Crippen LogP contribution in [-0.2, 0) is 14.8 Å². The van der Waals surface area contributed by atoms with Crippen molar-refractivity contribution in [1.29, 1.82) is 0 Å². The Bertz CT molecular complexity index is 663.